The van der Waals surface area contributed by atoms with E-state index in [0.717, 1.165) is 20.5 Å². The van der Waals surface area contributed by atoms with Gasteiger partial charge in [0, 0.05) is 35.0 Å². The van der Waals surface area contributed by atoms with Crippen molar-refractivity contribution >= 4 is 46.0 Å². The van der Waals surface area contributed by atoms with E-state index in [9.17, 15) is 4.79 Å². The summed E-state index contributed by atoms with van der Waals surface area (Å²) in [6.07, 6.45) is 4.15. The third kappa shape index (κ3) is 4.32. The maximum Gasteiger partial charge on any atom is 0.231 e. The Kier molecular flexibility index (Phi) is 5.79. The van der Waals surface area contributed by atoms with E-state index < -0.39 is 5.82 Å². The van der Waals surface area contributed by atoms with Gasteiger partial charge in [0.1, 0.15) is 11.6 Å². The van der Waals surface area contributed by atoms with E-state index in [0.29, 0.717) is 35.9 Å². The Balaban J connectivity index is 1.40. The standard InChI is InChI=1S/C24H20FIN6O/c1-31-21(7-10-28-31)30-24-27-9-6-20(29-24)17-12-16-8-11-32(23(16)18(25)13-17)22(33)14-15-4-2-3-5-19(15)26/h2-7,9-10,12-13H,8,11,14H2,1H3,(H,27,29,30). The molecule has 3 heterocycles. The molecule has 2 aromatic heterocycles. The van der Waals surface area contributed by atoms with Gasteiger partial charge in [-0.05, 0) is 64.4 Å². The van der Waals surface area contributed by atoms with Crippen molar-refractivity contribution in [1.29, 1.82) is 0 Å². The number of nitrogens with one attached hydrogen (secondary N) is 1. The zero-order valence-electron chi connectivity index (χ0n) is 17.8. The topological polar surface area (TPSA) is 75.9 Å². The molecule has 5 rings (SSSR count). The van der Waals surface area contributed by atoms with Crippen LogP contribution in [-0.4, -0.2) is 32.2 Å². The van der Waals surface area contributed by atoms with Crippen molar-refractivity contribution in [3.05, 3.63) is 81.4 Å². The molecule has 1 aliphatic heterocycles. The molecule has 7 nitrogen and oxygen atoms in total. The van der Waals surface area contributed by atoms with Crippen molar-refractivity contribution in [3.63, 3.8) is 0 Å². The molecule has 4 aromatic rings. The van der Waals surface area contributed by atoms with Crippen molar-refractivity contribution < 1.29 is 9.18 Å². The number of aromatic nitrogens is 4. The quantitative estimate of drug-likeness (QED) is 0.368. The SMILES string of the molecule is Cn1nccc1Nc1nccc(-c2cc(F)c3c(c2)CCN3C(=O)Cc2ccccc2I)n1. The number of nitrogens with zero attached hydrogens (tertiary/aromatic N) is 5. The number of amides is 1. The minimum atomic E-state index is -0.420. The summed E-state index contributed by atoms with van der Waals surface area (Å²) in [5.41, 5.74) is 3.37. The van der Waals surface area contributed by atoms with Gasteiger partial charge in [-0.1, -0.05) is 18.2 Å². The van der Waals surface area contributed by atoms with Gasteiger partial charge in [-0.25, -0.2) is 14.4 Å². The molecule has 0 radical (unpaired) electrons. The van der Waals surface area contributed by atoms with E-state index in [-0.39, 0.29) is 12.3 Å². The molecule has 0 spiro atoms. The van der Waals surface area contributed by atoms with Crippen LogP contribution in [0.3, 0.4) is 0 Å². The molecule has 2 aromatic carbocycles. The van der Waals surface area contributed by atoms with Crippen LogP contribution in [0.1, 0.15) is 11.1 Å². The summed E-state index contributed by atoms with van der Waals surface area (Å²) in [7, 11) is 1.81. The first-order valence-corrected chi connectivity index (χ1v) is 11.5. The lowest BCUT2D eigenvalue weighted by molar-refractivity contribution is -0.117. The average molecular weight is 554 g/mol. The molecular formula is C24H20FIN6O. The second-order valence-electron chi connectivity index (χ2n) is 7.76. The fourth-order valence-corrected chi connectivity index (χ4v) is 4.56. The first-order chi connectivity index (χ1) is 16.0. The summed E-state index contributed by atoms with van der Waals surface area (Å²) in [6.45, 7) is 0.467. The Morgan fingerprint density at radius 1 is 1.18 bits per heavy atom. The second-order valence-corrected chi connectivity index (χ2v) is 8.92. The Morgan fingerprint density at radius 3 is 2.82 bits per heavy atom. The van der Waals surface area contributed by atoms with Crippen LogP contribution in [0.2, 0.25) is 0 Å². The number of rotatable bonds is 5. The summed E-state index contributed by atoms with van der Waals surface area (Å²) in [5.74, 6) is 0.617. The molecule has 0 saturated carbocycles. The number of anilines is 3. The van der Waals surface area contributed by atoms with Crippen LogP contribution in [0.4, 0.5) is 21.8 Å². The largest absolute Gasteiger partial charge is 0.309 e. The number of carbonyl (C=O) groups is 1. The molecule has 0 aliphatic carbocycles. The lowest BCUT2D eigenvalue weighted by Gasteiger charge is -2.19. The van der Waals surface area contributed by atoms with Crippen molar-refractivity contribution in [1.82, 2.24) is 19.7 Å². The predicted molar refractivity (Wildman–Crippen MR) is 133 cm³/mol. The second kappa shape index (κ2) is 8.89. The van der Waals surface area contributed by atoms with Gasteiger partial charge in [-0.3, -0.25) is 9.48 Å². The Morgan fingerprint density at radius 2 is 2.03 bits per heavy atom. The van der Waals surface area contributed by atoms with Crippen LogP contribution < -0.4 is 10.2 Å². The Bertz CT molecular complexity index is 1350. The van der Waals surface area contributed by atoms with E-state index in [1.165, 1.54) is 6.07 Å². The van der Waals surface area contributed by atoms with E-state index in [4.69, 9.17) is 0 Å². The van der Waals surface area contributed by atoms with Gasteiger partial charge in [0.2, 0.25) is 11.9 Å². The number of halogens is 2. The molecule has 1 N–H and O–H groups in total. The summed E-state index contributed by atoms with van der Waals surface area (Å²) in [5, 5.41) is 7.22. The Labute approximate surface area is 203 Å². The number of benzene rings is 2. The maximum absolute atomic E-state index is 15.3. The van der Waals surface area contributed by atoms with Gasteiger partial charge >= 0.3 is 0 Å². The summed E-state index contributed by atoms with van der Waals surface area (Å²) >= 11 is 2.22. The zero-order chi connectivity index (χ0) is 22.9. The predicted octanol–water partition coefficient (Wildman–Crippen LogP) is 4.50. The molecule has 1 amide bonds. The van der Waals surface area contributed by atoms with Gasteiger partial charge in [0.05, 0.1) is 24.0 Å². The summed E-state index contributed by atoms with van der Waals surface area (Å²) in [4.78, 5) is 23.3. The highest BCUT2D eigenvalue weighted by atomic mass is 127. The minimum Gasteiger partial charge on any atom is -0.309 e. The number of hydrogen-bond donors (Lipinski definition) is 1. The van der Waals surface area contributed by atoms with Gasteiger partial charge < -0.3 is 10.2 Å². The van der Waals surface area contributed by atoms with Crippen LogP contribution in [0.25, 0.3) is 11.3 Å². The zero-order valence-corrected chi connectivity index (χ0v) is 20.0. The van der Waals surface area contributed by atoms with Crippen molar-refractivity contribution in [2.45, 2.75) is 12.8 Å². The molecule has 0 saturated heterocycles. The number of carbonyl (C=O) groups excluding carboxylic acids is 1. The van der Waals surface area contributed by atoms with E-state index in [1.54, 1.807) is 28.0 Å². The highest BCUT2D eigenvalue weighted by Gasteiger charge is 2.29. The molecule has 1 aliphatic rings. The summed E-state index contributed by atoms with van der Waals surface area (Å²) < 4.78 is 18.0. The van der Waals surface area contributed by atoms with Crippen molar-refractivity contribution in [2.75, 3.05) is 16.8 Å². The number of aryl methyl sites for hydroxylation is 1. The average Bonchev–Trinajstić information content (AvgIpc) is 3.42. The highest BCUT2D eigenvalue weighted by Crippen LogP contribution is 2.35. The van der Waals surface area contributed by atoms with Gasteiger partial charge in [-0.2, -0.15) is 5.10 Å². The van der Waals surface area contributed by atoms with Gasteiger partial charge in [-0.15, -0.1) is 0 Å². The fourth-order valence-electron chi connectivity index (χ4n) is 3.98. The highest BCUT2D eigenvalue weighted by molar-refractivity contribution is 14.1. The maximum atomic E-state index is 15.3. The van der Waals surface area contributed by atoms with Crippen LogP contribution in [0, 0.1) is 9.39 Å². The minimum absolute atomic E-state index is 0.103. The van der Waals surface area contributed by atoms with Crippen LogP contribution in [0.15, 0.2) is 60.9 Å². The van der Waals surface area contributed by atoms with Crippen LogP contribution in [0.5, 0.6) is 0 Å². The molecule has 0 atom stereocenters. The molecule has 9 heteroatoms. The first-order valence-electron chi connectivity index (χ1n) is 10.4. The normalized spacial score (nSPS) is 12.6. The van der Waals surface area contributed by atoms with Crippen LogP contribution >= 0.6 is 22.6 Å². The molecular weight excluding hydrogens is 534 g/mol. The smallest absolute Gasteiger partial charge is 0.231 e. The molecule has 33 heavy (non-hydrogen) atoms. The third-order valence-corrected chi connectivity index (χ3v) is 6.68. The molecule has 0 unspecified atom stereocenters. The third-order valence-electron chi connectivity index (χ3n) is 5.63. The fraction of sp³-hybridized carbons (Fsp3) is 0.167. The van der Waals surface area contributed by atoms with Crippen molar-refractivity contribution in [2.24, 2.45) is 7.05 Å². The lowest BCUT2D eigenvalue weighted by Crippen LogP contribution is -2.31. The van der Waals surface area contributed by atoms with Gasteiger partial charge in [0.15, 0.2) is 0 Å². The monoisotopic (exact) mass is 554 g/mol. The number of fused-ring (bicyclic) bond motifs is 1. The van der Waals surface area contributed by atoms with Gasteiger partial charge in [0.25, 0.3) is 0 Å². The van der Waals surface area contributed by atoms with E-state index in [2.05, 4.69) is 43.0 Å². The molecule has 166 valence electrons. The van der Waals surface area contributed by atoms with Crippen molar-refractivity contribution in [3.8, 4) is 11.3 Å². The number of hydrogen-bond acceptors (Lipinski definition) is 5. The molecule has 0 fully saturated rings. The first kappa shape index (κ1) is 21.5. The van der Waals surface area contributed by atoms with Crippen LogP contribution in [-0.2, 0) is 24.7 Å². The molecule has 0 bridgehead atoms. The Hall–Kier alpha value is -3.34. The van der Waals surface area contributed by atoms with E-state index >= 15 is 4.39 Å². The van der Waals surface area contributed by atoms with E-state index in [1.807, 2.05) is 43.4 Å². The lowest BCUT2D eigenvalue weighted by atomic mass is 10.0. The summed E-state index contributed by atoms with van der Waals surface area (Å²) in [6, 6.07) is 14.6.